The Kier molecular flexibility index (Phi) is 6.50. The van der Waals surface area contributed by atoms with Crippen molar-refractivity contribution in [2.24, 2.45) is 11.8 Å². The lowest BCUT2D eigenvalue weighted by Crippen LogP contribution is -2.36. The Morgan fingerprint density at radius 2 is 1.85 bits per heavy atom. The van der Waals surface area contributed by atoms with E-state index >= 15 is 0 Å². The molecule has 4 unspecified atom stereocenters. The van der Waals surface area contributed by atoms with Crippen molar-refractivity contribution in [3.05, 3.63) is 0 Å². The maximum Gasteiger partial charge on any atom is 0.309 e. The largest absolute Gasteiger partial charge is 0.459 e. The van der Waals surface area contributed by atoms with E-state index in [1.807, 2.05) is 13.8 Å². The summed E-state index contributed by atoms with van der Waals surface area (Å²) in [6, 6.07) is 0. The van der Waals surface area contributed by atoms with Gasteiger partial charge in [-0.2, -0.15) is 0 Å². The van der Waals surface area contributed by atoms with Gasteiger partial charge in [-0.3, -0.25) is 4.79 Å². The summed E-state index contributed by atoms with van der Waals surface area (Å²) in [5, 5.41) is 0. The highest BCUT2D eigenvalue weighted by Gasteiger charge is 2.41. The van der Waals surface area contributed by atoms with Crippen molar-refractivity contribution in [1.29, 1.82) is 0 Å². The smallest absolute Gasteiger partial charge is 0.309 e. The second-order valence-electron chi connectivity index (χ2n) is 6.38. The van der Waals surface area contributed by atoms with Gasteiger partial charge in [-0.15, -0.1) is 0 Å². The van der Waals surface area contributed by atoms with Crippen molar-refractivity contribution in [3.63, 3.8) is 0 Å². The van der Waals surface area contributed by atoms with Gasteiger partial charge in [0.2, 0.25) is 0 Å². The Morgan fingerprint density at radius 3 is 2.30 bits per heavy atom. The molecule has 0 aromatic carbocycles. The number of carbonyl (C=O) groups is 1. The molecule has 1 aliphatic heterocycles. The molecule has 1 aliphatic rings. The molecule has 0 saturated carbocycles. The summed E-state index contributed by atoms with van der Waals surface area (Å²) in [4.78, 5) is 12.4. The molecular formula is C17H32O3. The number of rotatable bonds is 7. The fourth-order valence-corrected chi connectivity index (χ4v) is 2.95. The standard InChI is InChI=1S/C17H32O3/c1-7-13-11-14(15(8-2)19-13)12(5)16(18)20-17(6,9-3)10-4/h12-15H,7-11H2,1-6H3. The molecule has 20 heavy (non-hydrogen) atoms. The molecule has 3 nitrogen and oxygen atoms in total. The lowest BCUT2D eigenvalue weighted by molar-refractivity contribution is -0.166. The van der Waals surface area contributed by atoms with Crippen LogP contribution >= 0.6 is 0 Å². The zero-order chi connectivity index (χ0) is 15.3. The van der Waals surface area contributed by atoms with Crippen LogP contribution in [0.3, 0.4) is 0 Å². The predicted molar refractivity (Wildman–Crippen MR) is 81.6 cm³/mol. The van der Waals surface area contributed by atoms with Crippen molar-refractivity contribution >= 4 is 5.97 Å². The van der Waals surface area contributed by atoms with Crippen molar-refractivity contribution in [3.8, 4) is 0 Å². The first-order chi connectivity index (χ1) is 9.40. The normalized spacial score (nSPS) is 28.4. The summed E-state index contributed by atoms with van der Waals surface area (Å²) < 4.78 is 11.8. The monoisotopic (exact) mass is 284 g/mol. The van der Waals surface area contributed by atoms with Crippen molar-refractivity contribution in [2.75, 3.05) is 0 Å². The van der Waals surface area contributed by atoms with E-state index in [0.29, 0.717) is 12.0 Å². The summed E-state index contributed by atoms with van der Waals surface area (Å²) in [6.07, 6.45) is 5.21. The van der Waals surface area contributed by atoms with Gasteiger partial charge in [-0.1, -0.05) is 34.6 Å². The van der Waals surface area contributed by atoms with Gasteiger partial charge in [0, 0.05) is 5.92 Å². The quantitative estimate of drug-likeness (QED) is 0.652. The van der Waals surface area contributed by atoms with Gasteiger partial charge in [-0.05, 0) is 39.0 Å². The maximum atomic E-state index is 12.4. The van der Waals surface area contributed by atoms with Gasteiger partial charge in [-0.25, -0.2) is 0 Å². The molecule has 4 atom stereocenters. The van der Waals surface area contributed by atoms with E-state index in [1.165, 1.54) is 0 Å². The molecule has 1 heterocycles. The lowest BCUT2D eigenvalue weighted by atomic mass is 9.85. The highest BCUT2D eigenvalue weighted by molar-refractivity contribution is 5.73. The third kappa shape index (κ3) is 3.97. The van der Waals surface area contributed by atoms with Crippen LogP contribution in [0.5, 0.6) is 0 Å². The van der Waals surface area contributed by atoms with Gasteiger partial charge >= 0.3 is 5.97 Å². The van der Waals surface area contributed by atoms with Crippen molar-refractivity contribution in [2.45, 2.75) is 91.5 Å². The van der Waals surface area contributed by atoms with E-state index in [9.17, 15) is 4.79 Å². The molecule has 3 heteroatoms. The van der Waals surface area contributed by atoms with E-state index in [0.717, 1.165) is 32.1 Å². The highest BCUT2D eigenvalue weighted by atomic mass is 16.6. The predicted octanol–water partition coefficient (Wildman–Crippen LogP) is 4.34. The zero-order valence-electron chi connectivity index (χ0n) is 14.1. The first-order valence-corrected chi connectivity index (χ1v) is 8.28. The summed E-state index contributed by atoms with van der Waals surface area (Å²) in [5.74, 6) is 0.171. The van der Waals surface area contributed by atoms with E-state index < -0.39 is 0 Å². The minimum atomic E-state index is -0.323. The average Bonchev–Trinajstić information content (AvgIpc) is 2.89. The fourth-order valence-electron chi connectivity index (χ4n) is 2.95. The Hall–Kier alpha value is -0.570. The Morgan fingerprint density at radius 1 is 1.25 bits per heavy atom. The van der Waals surface area contributed by atoms with Crippen LogP contribution in [0, 0.1) is 11.8 Å². The van der Waals surface area contributed by atoms with Crippen molar-refractivity contribution < 1.29 is 14.3 Å². The average molecular weight is 284 g/mol. The molecule has 0 aromatic rings. The molecule has 1 saturated heterocycles. The molecule has 0 spiro atoms. The number of hydrogen-bond acceptors (Lipinski definition) is 3. The molecule has 0 bridgehead atoms. The first kappa shape index (κ1) is 17.5. The minimum Gasteiger partial charge on any atom is -0.459 e. The number of hydrogen-bond donors (Lipinski definition) is 0. The summed E-state index contributed by atoms with van der Waals surface area (Å²) in [7, 11) is 0. The van der Waals surface area contributed by atoms with Gasteiger partial charge in [0.1, 0.15) is 5.60 Å². The molecule has 0 aliphatic carbocycles. The molecule has 0 N–H and O–H groups in total. The molecule has 1 fully saturated rings. The van der Waals surface area contributed by atoms with Crippen LogP contribution in [0.4, 0.5) is 0 Å². The summed E-state index contributed by atoms with van der Waals surface area (Å²) in [6.45, 7) is 12.5. The van der Waals surface area contributed by atoms with Crippen LogP contribution in [0.25, 0.3) is 0 Å². The summed E-state index contributed by atoms with van der Waals surface area (Å²) >= 11 is 0. The second-order valence-corrected chi connectivity index (χ2v) is 6.38. The fraction of sp³-hybridized carbons (Fsp3) is 0.941. The van der Waals surface area contributed by atoms with Crippen LogP contribution < -0.4 is 0 Å². The lowest BCUT2D eigenvalue weighted by Gasteiger charge is -2.30. The molecule has 0 aromatic heterocycles. The molecule has 118 valence electrons. The third-order valence-electron chi connectivity index (χ3n) is 5.09. The topological polar surface area (TPSA) is 35.5 Å². The van der Waals surface area contributed by atoms with Crippen LogP contribution in [0.1, 0.15) is 73.6 Å². The number of esters is 1. The Labute approximate surface area is 124 Å². The van der Waals surface area contributed by atoms with Gasteiger partial charge < -0.3 is 9.47 Å². The number of ether oxygens (including phenoxy) is 2. The Balaban J connectivity index is 2.68. The highest BCUT2D eigenvalue weighted by Crippen LogP contribution is 2.36. The third-order valence-corrected chi connectivity index (χ3v) is 5.09. The molecular weight excluding hydrogens is 252 g/mol. The van der Waals surface area contributed by atoms with Crippen LogP contribution in [-0.4, -0.2) is 23.8 Å². The van der Waals surface area contributed by atoms with E-state index in [1.54, 1.807) is 0 Å². The minimum absolute atomic E-state index is 0.0556. The van der Waals surface area contributed by atoms with Gasteiger partial charge in [0.25, 0.3) is 0 Å². The van der Waals surface area contributed by atoms with Crippen LogP contribution in [0.15, 0.2) is 0 Å². The van der Waals surface area contributed by atoms with Crippen LogP contribution in [-0.2, 0) is 14.3 Å². The molecule has 0 amide bonds. The van der Waals surface area contributed by atoms with E-state index in [4.69, 9.17) is 9.47 Å². The van der Waals surface area contributed by atoms with Gasteiger partial charge in [0.05, 0.1) is 18.1 Å². The molecule has 0 radical (unpaired) electrons. The van der Waals surface area contributed by atoms with E-state index in [-0.39, 0.29) is 23.6 Å². The second kappa shape index (κ2) is 7.44. The van der Waals surface area contributed by atoms with Crippen LogP contribution in [0.2, 0.25) is 0 Å². The Bertz CT molecular complexity index is 309. The summed E-state index contributed by atoms with van der Waals surface area (Å²) in [5.41, 5.74) is -0.323. The van der Waals surface area contributed by atoms with E-state index in [2.05, 4.69) is 27.7 Å². The number of carbonyl (C=O) groups excluding carboxylic acids is 1. The SMILES string of the molecule is CCC1CC(C(C)C(=O)OC(C)(CC)CC)C(CC)O1. The van der Waals surface area contributed by atoms with Crippen molar-refractivity contribution in [1.82, 2.24) is 0 Å². The molecule has 1 rings (SSSR count). The zero-order valence-corrected chi connectivity index (χ0v) is 14.1. The van der Waals surface area contributed by atoms with Gasteiger partial charge in [0.15, 0.2) is 0 Å². The maximum absolute atomic E-state index is 12.4. The first-order valence-electron chi connectivity index (χ1n) is 8.28.